The van der Waals surface area contributed by atoms with E-state index in [4.69, 9.17) is 5.11 Å². The highest BCUT2D eigenvalue weighted by Gasteiger charge is 2.34. The van der Waals surface area contributed by atoms with Gasteiger partial charge in [0.2, 0.25) is 0 Å². The largest absolute Gasteiger partial charge is 0.395 e. The smallest absolute Gasteiger partial charge is 0.257 e. The Morgan fingerprint density at radius 1 is 1.36 bits per heavy atom. The Morgan fingerprint density at radius 3 is 2.82 bits per heavy atom. The molecule has 1 atom stereocenters. The van der Waals surface area contributed by atoms with E-state index in [1.54, 1.807) is 4.90 Å². The summed E-state index contributed by atoms with van der Waals surface area (Å²) in [6.45, 7) is 4.51. The number of carbonyl (C=O) groups is 1. The average Bonchev–Trinajstić information content (AvgIpc) is 3.27. The van der Waals surface area contributed by atoms with Crippen LogP contribution in [0.2, 0.25) is 0 Å². The zero-order chi connectivity index (χ0) is 15.7. The first-order chi connectivity index (χ1) is 10.6. The van der Waals surface area contributed by atoms with Gasteiger partial charge in [-0.2, -0.15) is 5.10 Å². The molecule has 1 aromatic heterocycles. The van der Waals surface area contributed by atoms with Crippen molar-refractivity contribution in [1.82, 2.24) is 20.0 Å². The number of carbonyl (C=O) groups excluding carboxylic acids is 1. The molecule has 0 radical (unpaired) electrons. The van der Waals surface area contributed by atoms with Crippen molar-refractivity contribution in [2.45, 2.75) is 31.8 Å². The van der Waals surface area contributed by atoms with Crippen molar-refractivity contribution < 1.29 is 15.0 Å². The molecular formula is C15H24N4O3. The minimum absolute atomic E-state index is 0.0435. The second-order valence-electron chi connectivity index (χ2n) is 6.31. The molecule has 122 valence electrons. The van der Waals surface area contributed by atoms with Crippen LogP contribution in [0, 0.1) is 6.92 Å². The second kappa shape index (κ2) is 6.36. The standard InChI is InChI=1S/C15H24N4O3/c1-10-13(14(17-16-10)11-2-3-11)15(22)19-5-4-18(6-7-20)8-12(21)9-19/h11-12,20-21H,2-9H2,1H3,(H,16,17)/t12-/m0/s1. The van der Waals surface area contributed by atoms with Crippen molar-refractivity contribution in [3.8, 4) is 0 Å². The van der Waals surface area contributed by atoms with Crippen LogP contribution in [0.5, 0.6) is 0 Å². The Bertz CT molecular complexity index is 541. The summed E-state index contributed by atoms with van der Waals surface area (Å²) in [7, 11) is 0. The molecule has 1 aliphatic carbocycles. The van der Waals surface area contributed by atoms with E-state index in [9.17, 15) is 9.90 Å². The van der Waals surface area contributed by atoms with Gasteiger partial charge in [-0.25, -0.2) is 0 Å². The number of nitrogens with one attached hydrogen (secondary N) is 1. The Morgan fingerprint density at radius 2 is 2.14 bits per heavy atom. The fourth-order valence-electron chi connectivity index (χ4n) is 3.11. The number of rotatable bonds is 4. The van der Waals surface area contributed by atoms with E-state index in [0.29, 0.717) is 44.2 Å². The number of nitrogens with zero attached hydrogens (tertiary/aromatic N) is 3. The van der Waals surface area contributed by atoms with Crippen LogP contribution in [-0.4, -0.2) is 81.6 Å². The van der Waals surface area contributed by atoms with Crippen molar-refractivity contribution in [3.63, 3.8) is 0 Å². The number of hydrogen-bond acceptors (Lipinski definition) is 5. The third kappa shape index (κ3) is 3.16. The van der Waals surface area contributed by atoms with Crippen molar-refractivity contribution >= 4 is 5.91 Å². The van der Waals surface area contributed by atoms with Crippen LogP contribution in [0.3, 0.4) is 0 Å². The number of β-amino-alcohol motifs (C(OH)–C–C–N with tert-alkyl or cyclic N) is 2. The van der Waals surface area contributed by atoms with Gasteiger partial charge in [0, 0.05) is 44.3 Å². The zero-order valence-corrected chi connectivity index (χ0v) is 13.0. The number of hydrogen-bond donors (Lipinski definition) is 3. The molecule has 22 heavy (non-hydrogen) atoms. The Kier molecular flexibility index (Phi) is 4.46. The summed E-state index contributed by atoms with van der Waals surface area (Å²) < 4.78 is 0. The van der Waals surface area contributed by atoms with E-state index in [1.165, 1.54) is 0 Å². The Labute approximate surface area is 129 Å². The highest BCUT2D eigenvalue weighted by Crippen LogP contribution is 2.41. The van der Waals surface area contributed by atoms with Gasteiger partial charge in [0.05, 0.1) is 24.0 Å². The van der Waals surface area contributed by atoms with E-state index in [0.717, 1.165) is 24.2 Å². The summed E-state index contributed by atoms with van der Waals surface area (Å²) in [5.74, 6) is 0.365. The van der Waals surface area contributed by atoms with Crippen LogP contribution in [0.4, 0.5) is 0 Å². The van der Waals surface area contributed by atoms with Crippen molar-refractivity contribution in [2.75, 3.05) is 39.3 Å². The molecule has 0 bridgehead atoms. The molecule has 7 nitrogen and oxygen atoms in total. The van der Waals surface area contributed by atoms with Crippen LogP contribution in [-0.2, 0) is 0 Å². The van der Waals surface area contributed by atoms with Gasteiger partial charge in [0.15, 0.2) is 0 Å². The van der Waals surface area contributed by atoms with Gasteiger partial charge in [-0.3, -0.25) is 14.8 Å². The number of aromatic amines is 1. The number of aromatic nitrogens is 2. The average molecular weight is 308 g/mol. The summed E-state index contributed by atoms with van der Waals surface area (Å²) >= 11 is 0. The van der Waals surface area contributed by atoms with Crippen molar-refractivity contribution in [2.24, 2.45) is 0 Å². The number of aryl methyl sites for hydroxylation is 1. The lowest BCUT2D eigenvalue weighted by Gasteiger charge is -2.22. The molecule has 2 fully saturated rings. The van der Waals surface area contributed by atoms with Gasteiger partial charge in [-0.05, 0) is 19.8 Å². The summed E-state index contributed by atoms with van der Waals surface area (Å²) in [4.78, 5) is 16.6. The first-order valence-electron chi connectivity index (χ1n) is 7.95. The summed E-state index contributed by atoms with van der Waals surface area (Å²) in [5, 5.41) is 26.4. The first kappa shape index (κ1) is 15.5. The van der Waals surface area contributed by atoms with Crippen LogP contribution >= 0.6 is 0 Å². The number of amides is 1. The summed E-state index contributed by atoms with van der Waals surface area (Å²) in [6, 6.07) is 0. The van der Waals surface area contributed by atoms with Gasteiger partial charge in [0.25, 0.3) is 5.91 Å². The fraction of sp³-hybridized carbons (Fsp3) is 0.733. The quantitative estimate of drug-likeness (QED) is 0.710. The molecule has 0 aromatic carbocycles. The lowest BCUT2D eigenvalue weighted by atomic mass is 10.1. The highest BCUT2D eigenvalue weighted by molar-refractivity contribution is 5.96. The first-order valence-corrected chi connectivity index (χ1v) is 7.95. The molecule has 3 rings (SSSR count). The minimum atomic E-state index is -0.588. The minimum Gasteiger partial charge on any atom is -0.395 e. The van der Waals surface area contributed by atoms with Crippen LogP contribution in [0.25, 0.3) is 0 Å². The predicted octanol–water partition coefficient (Wildman–Crippen LogP) is -0.293. The Hall–Kier alpha value is -1.44. The molecule has 1 aliphatic heterocycles. The number of aliphatic hydroxyl groups is 2. The van der Waals surface area contributed by atoms with Crippen molar-refractivity contribution in [1.29, 1.82) is 0 Å². The van der Waals surface area contributed by atoms with Gasteiger partial charge < -0.3 is 15.1 Å². The lowest BCUT2D eigenvalue weighted by Crippen LogP contribution is -2.38. The number of H-pyrrole nitrogens is 1. The molecular weight excluding hydrogens is 284 g/mol. The van der Waals surface area contributed by atoms with E-state index >= 15 is 0 Å². The van der Waals surface area contributed by atoms with Gasteiger partial charge >= 0.3 is 0 Å². The molecule has 0 spiro atoms. The number of aliphatic hydroxyl groups excluding tert-OH is 2. The topological polar surface area (TPSA) is 92.7 Å². The third-order valence-corrected chi connectivity index (χ3v) is 4.44. The molecule has 1 saturated heterocycles. The van der Waals surface area contributed by atoms with Crippen LogP contribution < -0.4 is 0 Å². The van der Waals surface area contributed by atoms with Gasteiger partial charge in [-0.1, -0.05) is 0 Å². The van der Waals surface area contributed by atoms with E-state index in [2.05, 4.69) is 10.2 Å². The van der Waals surface area contributed by atoms with E-state index in [1.807, 2.05) is 11.8 Å². The molecule has 2 heterocycles. The zero-order valence-electron chi connectivity index (χ0n) is 13.0. The molecule has 0 unspecified atom stereocenters. The molecule has 1 aromatic rings. The fourth-order valence-corrected chi connectivity index (χ4v) is 3.11. The molecule has 1 saturated carbocycles. The summed E-state index contributed by atoms with van der Waals surface area (Å²) in [6.07, 6.45) is 1.60. The third-order valence-electron chi connectivity index (χ3n) is 4.44. The maximum absolute atomic E-state index is 12.9. The second-order valence-corrected chi connectivity index (χ2v) is 6.31. The van der Waals surface area contributed by atoms with E-state index in [-0.39, 0.29) is 12.5 Å². The van der Waals surface area contributed by atoms with Crippen molar-refractivity contribution in [3.05, 3.63) is 17.0 Å². The summed E-state index contributed by atoms with van der Waals surface area (Å²) in [5.41, 5.74) is 2.37. The van der Waals surface area contributed by atoms with Gasteiger partial charge in [0.1, 0.15) is 0 Å². The van der Waals surface area contributed by atoms with Crippen LogP contribution in [0.1, 0.15) is 40.5 Å². The predicted molar refractivity (Wildman–Crippen MR) is 80.7 cm³/mol. The normalized spacial score (nSPS) is 23.6. The molecule has 7 heteroatoms. The van der Waals surface area contributed by atoms with Crippen LogP contribution in [0.15, 0.2) is 0 Å². The Balaban J connectivity index is 1.75. The maximum Gasteiger partial charge on any atom is 0.257 e. The SMILES string of the molecule is Cc1[nH]nc(C2CC2)c1C(=O)N1CCN(CCO)C[C@H](O)C1. The monoisotopic (exact) mass is 308 g/mol. The molecule has 3 N–H and O–H groups in total. The van der Waals surface area contributed by atoms with E-state index < -0.39 is 6.10 Å². The lowest BCUT2D eigenvalue weighted by molar-refractivity contribution is 0.0659. The molecule has 2 aliphatic rings. The maximum atomic E-state index is 12.9. The molecule has 1 amide bonds. The van der Waals surface area contributed by atoms with Gasteiger partial charge in [-0.15, -0.1) is 0 Å². The highest BCUT2D eigenvalue weighted by atomic mass is 16.3.